The van der Waals surface area contributed by atoms with Gasteiger partial charge in [-0.25, -0.2) is 23.1 Å². The van der Waals surface area contributed by atoms with Crippen molar-refractivity contribution in [1.82, 2.24) is 18.9 Å². The average molecular weight is 382 g/mol. The van der Waals surface area contributed by atoms with Crippen molar-refractivity contribution in [2.45, 2.75) is 31.7 Å². The Hall–Kier alpha value is -3.09. The molecule has 1 aliphatic carbocycles. The highest BCUT2D eigenvalue weighted by molar-refractivity contribution is 5.79. The van der Waals surface area contributed by atoms with Crippen LogP contribution < -0.4 is 0 Å². The molecule has 0 bridgehead atoms. The minimum Gasteiger partial charge on any atom is -0.326 e. The lowest BCUT2D eigenvalue weighted by molar-refractivity contribution is -0.103. The second-order valence-corrected chi connectivity index (χ2v) is 7.32. The van der Waals surface area contributed by atoms with Gasteiger partial charge in [-0.2, -0.15) is 0 Å². The number of aryl methyl sites for hydroxylation is 1. The molecule has 142 valence electrons. The Balaban J connectivity index is 1.69. The van der Waals surface area contributed by atoms with Gasteiger partial charge < -0.3 is 8.97 Å². The van der Waals surface area contributed by atoms with Crippen molar-refractivity contribution >= 4 is 5.65 Å². The summed E-state index contributed by atoms with van der Waals surface area (Å²) < 4.78 is 44.2. The van der Waals surface area contributed by atoms with Crippen molar-refractivity contribution in [3.63, 3.8) is 0 Å². The number of rotatable bonds is 3. The molecule has 0 saturated heterocycles. The van der Waals surface area contributed by atoms with Gasteiger partial charge in [0.15, 0.2) is 0 Å². The predicted molar refractivity (Wildman–Crippen MR) is 99.8 cm³/mol. The van der Waals surface area contributed by atoms with Crippen LogP contribution in [0.3, 0.4) is 0 Å². The summed E-state index contributed by atoms with van der Waals surface area (Å²) in [7, 11) is 0. The Labute approximate surface area is 159 Å². The Bertz CT molecular complexity index is 1170. The molecular formula is C21H17F3N4. The van der Waals surface area contributed by atoms with Crippen LogP contribution in [0, 0.1) is 12.7 Å². The third-order valence-corrected chi connectivity index (χ3v) is 5.34. The number of halogens is 3. The van der Waals surface area contributed by atoms with E-state index in [2.05, 4.69) is 9.97 Å². The zero-order valence-electron chi connectivity index (χ0n) is 15.1. The fraction of sp³-hybridized carbons (Fsp3) is 0.238. The Morgan fingerprint density at radius 2 is 1.71 bits per heavy atom. The molecule has 1 aliphatic rings. The Kier molecular flexibility index (Phi) is 3.62. The van der Waals surface area contributed by atoms with Crippen LogP contribution >= 0.6 is 0 Å². The van der Waals surface area contributed by atoms with Gasteiger partial charge in [-0.1, -0.05) is 0 Å². The first kappa shape index (κ1) is 17.0. The number of imidazole rings is 2. The van der Waals surface area contributed by atoms with E-state index in [0.717, 1.165) is 28.2 Å². The van der Waals surface area contributed by atoms with E-state index < -0.39 is 5.92 Å². The van der Waals surface area contributed by atoms with Crippen molar-refractivity contribution < 1.29 is 13.2 Å². The molecule has 7 heteroatoms. The zero-order valence-corrected chi connectivity index (χ0v) is 15.1. The third kappa shape index (κ3) is 2.69. The molecule has 0 amide bonds. The van der Waals surface area contributed by atoms with Gasteiger partial charge in [0.1, 0.15) is 11.5 Å². The van der Waals surface area contributed by atoms with Crippen LogP contribution in [0.4, 0.5) is 13.2 Å². The first-order chi connectivity index (χ1) is 13.4. The second kappa shape index (κ2) is 5.95. The maximum absolute atomic E-state index is 13.5. The van der Waals surface area contributed by atoms with E-state index in [1.807, 2.05) is 34.2 Å². The van der Waals surface area contributed by atoms with Crippen LogP contribution in [0.1, 0.15) is 24.6 Å². The van der Waals surface area contributed by atoms with Crippen LogP contribution in [0.25, 0.3) is 28.2 Å². The molecule has 0 unspecified atom stereocenters. The Morgan fingerprint density at radius 3 is 2.43 bits per heavy atom. The summed E-state index contributed by atoms with van der Waals surface area (Å²) in [6.45, 7) is 1.95. The van der Waals surface area contributed by atoms with Crippen LogP contribution in [-0.2, 0) is 0 Å². The normalized spacial score (nSPS) is 16.4. The van der Waals surface area contributed by atoms with E-state index in [4.69, 9.17) is 0 Å². The molecular weight excluding hydrogens is 365 g/mol. The maximum atomic E-state index is 13.5. The van der Waals surface area contributed by atoms with Gasteiger partial charge in [-0.3, -0.25) is 0 Å². The predicted octanol–water partition coefficient (Wildman–Crippen LogP) is 5.28. The second-order valence-electron chi connectivity index (χ2n) is 7.32. The summed E-state index contributed by atoms with van der Waals surface area (Å²) in [6, 6.07) is 9.55. The summed E-state index contributed by atoms with van der Waals surface area (Å²) in [5, 5.41) is 0. The lowest BCUT2D eigenvalue weighted by Gasteiger charge is -2.36. The SMILES string of the molecule is Cc1cnc2ccc(-c3c(-c4ccc(F)cc4)ncn3C3CC(F)(F)C3)cn12. The van der Waals surface area contributed by atoms with E-state index in [9.17, 15) is 13.2 Å². The van der Waals surface area contributed by atoms with E-state index in [1.165, 1.54) is 12.1 Å². The molecule has 0 atom stereocenters. The van der Waals surface area contributed by atoms with E-state index in [0.29, 0.717) is 5.69 Å². The van der Waals surface area contributed by atoms with Gasteiger partial charge in [-0.15, -0.1) is 0 Å². The molecule has 3 heterocycles. The van der Waals surface area contributed by atoms with Crippen LogP contribution in [-0.4, -0.2) is 24.9 Å². The lowest BCUT2D eigenvalue weighted by Crippen LogP contribution is -2.37. The maximum Gasteiger partial charge on any atom is 0.252 e. The number of nitrogens with zero attached hydrogens (tertiary/aromatic N) is 4. The molecule has 0 radical (unpaired) electrons. The molecule has 5 rings (SSSR count). The van der Waals surface area contributed by atoms with Gasteiger partial charge in [0.05, 0.1) is 17.7 Å². The third-order valence-electron chi connectivity index (χ3n) is 5.34. The molecule has 0 N–H and O–H groups in total. The number of hydrogen-bond acceptors (Lipinski definition) is 2. The van der Waals surface area contributed by atoms with Gasteiger partial charge in [0, 0.05) is 48.1 Å². The van der Waals surface area contributed by atoms with Crippen molar-refractivity contribution in [1.29, 1.82) is 0 Å². The quantitative estimate of drug-likeness (QED) is 0.483. The van der Waals surface area contributed by atoms with Gasteiger partial charge in [-0.05, 0) is 43.3 Å². The fourth-order valence-corrected chi connectivity index (χ4v) is 3.81. The van der Waals surface area contributed by atoms with Gasteiger partial charge in [0.2, 0.25) is 0 Å². The van der Waals surface area contributed by atoms with Crippen LogP contribution in [0.15, 0.2) is 55.1 Å². The topological polar surface area (TPSA) is 35.1 Å². The highest BCUT2D eigenvalue weighted by atomic mass is 19.3. The number of alkyl halides is 2. The molecule has 1 fully saturated rings. The standard InChI is InChI=1S/C21H17F3N4/c1-13-10-25-18-7-4-15(11-27(13)18)20-19(14-2-5-16(22)6-3-14)26-12-28(20)17-8-21(23,24)9-17/h2-7,10-12,17H,8-9H2,1H3. The minimum absolute atomic E-state index is 0.203. The van der Waals surface area contributed by atoms with E-state index in [1.54, 1.807) is 24.7 Å². The molecule has 3 aromatic heterocycles. The number of aromatic nitrogens is 4. The smallest absolute Gasteiger partial charge is 0.252 e. The zero-order chi connectivity index (χ0) is 19.5. The molecule has 0 spiro atoms. The van der Waals surface area contributed by atoms with Crippen LogP contribution in [0.5, 0.6) is 0 Å². The Morgan fingerprint density at radius 1 is 1.00 bits per heavy atom. The first-order valence-electron chi connectivity index (χ1n) is 9.06. The largest absolute Gasteiger partial charge is 0.326 e. The highest BCUT2D eigenvalue weighted by Crippen LogP contribution is 2.48. The summed E-state index contributed by atoms with van der Waals surface area (Å²) in [6.07, 6.45) is 4.93. The number of pyridine rings is 1. The molecule has 28 heavy (non-hydrogen) atoms. The first-order valence-corrected chi connectivity index (χ1v) is 9.06. The summed E-state index contributed by atoms with van der Waals surface area (Å²) in [4.78, 5) is 8.84. The van der Waals surface area contributed by atoms with Crippen molar-refractivity contribution in [2.24, 2.45) is 0 Å². The molecule has 1 saturated carbocycles. The summed E-state index contributed by atoms with van der Waals surface area (Å²) >= 11 is 0. The summed E-state index contributed by atoms with van der Waals surface area (Å²) in [5.74, 6) is -2.97. The van der Waals surface area contributed by atoms with Gasteiger partial charge >= 0.3 is 0 Å². The lowest BCUT2D eigenvalue weighted by atomic mass is 9.87. The minimum atomic E-state index is -2.63. The molecule has 1 aromatic carbocycles. The molecule has 0 aliphatic heterocycles. The summed E-state index contributed by atoms with van der Waals surface area (Å²) in [5.41, 5.74) is 4.77. The van der Waals surface area contributed by atoms with Gasteiger partial charge in [0.25, 0.3) is 5.92 Å². The van der Waals surface area contributed by atoms with Crippen molar-refractivity contribution in [3.05, 3.63) is 66.6 Å². The molecule has 4 aromatic rings. The van der Waals surface area contributed by atoms with E-state index >= 15 is 0 Å². The van der Waals surface area contributed by atoms with Crippen molar-refractivity contribution in [3.8, 4) is 22.5 Å². The highest BCUT2D eigenvalue weighted by Gasteiger charge is 2.47. The van der Waals surface area contributed by atoms with E-state index in [-0.39, 0.29) is 24.7 Å². The average Bonchev–Trinajstić information content (AvgIpc) is 3.24. The molecule has 4 nitrogen and oxygen atoms in total. The fourth-order valence-electron chi connectivity index (χ4n) is 3.81. The monoisotopic (exact) mass is 382 g/mol. The van der Waals surface area contributed by atoms with Crippen LogP contribution in [0.2, 0.25) is 0 Å². The number of benzene rings is 1. The van der Waals surface area contributed by atoms with Crippen molar-refractivity contribution in [2.75, 3.05) is 0 Å². The number of hydrogen-bond donors (Lipinski definition) is 0. The number of fused-ring (bicyclic) bond motifs is 1.